The maximum atomic E-state index is 12.9. The molecule has 2 heterocycles. The maximum absolute atomic E-state index is 12.9. The first-order valence-electron chi connectivity index (χ1n) is 5.35. The topological polar surface area (TPSA) is 38.3 Å². The molecule has 1 unspecified atom stereocenters. The van der Waals surface area contributed by atoms with E-state index in [0.717, 1.165) is 0 Å². The van der Waals surface area contributed by atoms with Crippen LogP contribution in [-0.4, -0.2) is 31.8 Å². The molecule has 2 saturated heterocycles. The van der Waals surface area contributed by atoms with Crippen LogP contribution in [0.4, 0.5) is 13.2 Å². The molecule has 2 aliphatic heterocycles. The molecule has 1 atom stereocenters. The minimum absolute atomic E-state index is 0.124. The smallest absolute Gasteiger partial charge is 0.381 e. The van der Waals surface area contributed by atoms with Crippen LogP contribution in [0.2, 0.25) is 0 Å². The molecule has 0 aromatic carbocycles. The SMILES string of the molecule is O=C1CC(C(F)(F)F)C2(CCOCC2)CN1. The first-order chi connectivity index (χ1) is 7.44. The number of ether oxygens (including phenoxy) is 1. The molecule has 6 heteroatoms. The fourth-order valence-corrected chi connectivity index (χ4v) is 2.64. The van der Waals surface area contributed by atoms with E-state index in [1.807, 2.05) is 0 Å². The van der Waals surface area contributed by atoms with Gasteiger partial charge in [0.05, 0.1) is 5.92 Å². The molecule has 0 radical (unpaired) electrons. The normalized spacial score (nSPS) is 30.2. The van der Waals surface area contributed by atoms with Gasteiger partial charge in [0.1, 0.15) is 0 Å². The second kappa shape index (κ2) is 3.91. The van der Waals surface area contributed by atoms with E-state index in [0.29, 0.717) is 26.1 Å². The van der Waals surface area contributed by atoms with Crippen LogP contribution >= 0.6 is 0 Å². The monoisotopic (exact) mass is 237 g/mol. The highest BCUT2D eigenvalue weighted by Gasteiger charge is 2.56. The summed E-state index contributed by atoms with van der Waals surface area (Å²) in [6.07, 6.45) is -3.99. The van der Waals surface area contributed by atoms with E-state index >= 15 is 0 Å². The van der Waals surface area contributed by atoms with Gasteiger partial charge in [0, 0.05) is 31.6 Å². The van der Waals surface area contributed by atoms with E-state index in [1.54, 1.807) is 0 Å². The molecular weight excluding hydrogens is 223 g/mol. The minimum Gasteiger partial charge on any atom is -0.381 e. The number of piperidine rings is 1. The largest absolute Gasteiger partial charge is 0.392 e. The van der Waals surface area contributed by atoms with Gasteiger partial charge in [-0.3, -0.25) is 4.79 Å². The maximum Gasteiger partial charge on any atom is 0.392 e. The molecule has 0 aliphatic carbocycles. The van der Waals surface area contributed by atoms with Crippen molar-refractivity contribution in [3.8, 4) is 0 Å². The predicted molar refractivity (Wildman–Crippen MR) is 49.7 cm³/mol. The van der Waals surface area contributed by atoms with Crippen LogP contribution in [0.3, 0.4) is 0 Å². The molecule has 2 aliphatic rings. The number of amides is 1. The Morgan fingerprint density at radius 2 is 1.94 bits per heavy atom. The number of nitrogens with one attached hydrogen (secondary N) is 1. The van der Waals surface area contributed by atoms with E-state index < -0.39 is 29.8 Å². The lowest BCUT2D eigenvalue weighted by molar-refractivity contribution is -0.226. The van der Waals surface area contributed by atoms with Crippen molar-refractivity contribution in [1.29, 1.82) is 0 Å². The molecule has 2 fully saturated rings. The zero-order valence-electron chi connectivity index (χ0n) is 8.77. The minimum atomic E-state index is -4.30. The Bertz CT molecular complexity index is 284. The summed E-state index contributed by atoms with van der Waals surface area (Å²) in [6.45, 7) is 0.824. The van der Waals surface area contributed by atoms with Crippen LogP contribution in [0.1, 0.15) is 19.3 Å². The number of halogens is 3. The number of rotatable bonds is 0. The standard InChI is InChI=1S/C10H14F3NO2/c11-10(12,13)7-5-8(15)14-6-9(7)1-3-16-4-2-9/h7H,1-6H2,(H,14,15). The van der Waals surface area contributed by atoms with Gasteiger partial charge in [-0.05, 0) is 12.8 Å². The van der Waals surface area contributed by atoms with Crippen LogP contribution in [-0.2, 0) is 9.53 Å². The highest BCUT2D eigenvalue weighted by Crippen LogP contribution is 2.49. The number of hydrogen-bond donors (Lipinski definition) is 1. The number of carbonyl (C=O) groups is 1. The van der Waals surface area contributed by atoms with Gasteiger partial charge in [-0.25, -0.2) is 0 Å². The molecule has 0 bridgehead atoms. The average Bonchev–Trinajstić information content (AvgIpc) is 2.22. The van der Waals surface area contributed by atoms with Crippen LogP contribution in [0.25, 0.3) is 0 Å². The quantitative estimate of drug-likeness (QED) is 0.693. The lowest BCUT2D eigenvalue weighted by atomic mass is 9.66. The van der Waals surface area contributed by atoms with Crippen LogP contribution in [0.15, 0.2) is 0 Å². The molecule has 3 nitrogen and oxygen atoms in total. The van der Waals surface area contributed by atoms with Crippen molar-refractivity contribution in [3.05, 3.63) is 0 Å². The van der Waals surface area contributed by atoms with E-state index in [1.165, 1.54) is 0 Å². The highest BCUT2D eigenvalue weighted by atomic mass is 19.4. The van der Waals surface area contributed by atoms with Crippen molar-refractivity contribution in [1.82, 2.24) is 5.32 Å². The number of carbonyl (C=O) groups excluding carboxylic acids is 1. The summed E-state index contributed by atoms with van der Waals surface area (Å²) in [5.74, 6) is -2.02. The van der Waals surface area contributed by atoms with E-state index in [2.05, 4.69) is 5.32 Å². The Morgan fingerprint density at radius 1 is 1.31 bits per heavy atom. The lowest BCUT2D eigenvalue weighted by Gasteiger charge is -2.46. The fraction of sp³-hybridized carbons (Fsp3) is 0.900. The molecule has 1 N–H and O–H groups in total. The van der Waals surface area contributed by atoms with Crippen molar-refractivity contribution < 1.29 is 22.7 Å². The van der Waals surface area contributed by atoms with E-state index in [-0.39, 0.29) is 6.54 Å². The third kappa shape index (κ3) is 2.03. The highest BCUT2D eigenvalue weighted by molar-refractivity contribution is 5.77. The van der Waals surface area contributed by atoms with Gasteiger partial charge in [-0.15, -0.1) is 0 Å². The third-order valence-corrected chi connectivity index (χ3v) is 3.65. The summed E-state index contributed by atoms with van der Waals surface area (Å²) in [4.78, 5) is 11.1. The van der Waals surface area contributed by atoms with Crippen molar-refractivity contribution in [2.45, 2.75) is 25.4 Å². The fourth-order valence-electron chi connectivity index (χ4n) is 2.64. The first-order valence-corrected chi connectivity index (χ1v) is 5.35. The Balaban J connectivity index is 2.23. The lowest BCUT2D eigenvalue weighted by Crippen LogP contribution is -2.56. The molecule has 0 aromatic heterocycles. The van der Waals surface area contributed by atoms with Gasteiger partial charge < -0.3 is 10.1 Å². The third-order valence-electron chi connectivity index (χ3n) is 3.65. The van der Waals surface area contributed by atoms with Crippen LogP contribution < -0.4 is 5.32 Å². The van der Waals surface area contributed by atoms with Crippen molar-refractivity contribution in [2.75, 3.05) is 19.8 Å². The summed E-state index contributed by atoms with van der Waals surface area (Å²) in [6, 6.07) is 0. The van der Waals surface area contributed by atoms with Crippen molar-refractivity contribution >= 4 is 5.91 Å². The zero-order valence-corrected chi connectivity index (χ0v) is 8.77. The Hall–Kier alpha value is -0.780. The number of hydrogen-bond acceptors (Lipinski definition) is 2. The summed E-state index contributed by atoms with van der Waals surface area (Å²) in [5, 5.41) is 2.55. The molecule has 16 heavy (non-hydrogen) atoms. The zero-order chi connectivity index (χ0) is 11.8. The number of alkyl halides is 3. The van der Waals surface area contributed by atoms with Crippen LogP contribution in [0.5, 0.6) is 0 Å². The molecule has 92 valence electrons. The van der Waals surface area contributed by atoms with Gasteiger partial charge in [0.2, 0.25) is 5.91 Å². The average molecular weight is 237 g/mol. The second-order valence-corrected chi connectivity index (χ2v) is 4.55. The molecule has 1 spiro atoms. The summed E-state index contributed by atoms with van der Waals surface area (Å²) < 4.78 is 43.9. The Morgan fingerprint density at radius 3 is 2.50 bits per heavy atom. The molecule has 0 aromatic rings. The summed E-state index contributed by atoms with van der Waals surface area (Å²) in [5.41, 5.74) is -0.843. The van der Waals surface area contributed by atoms with Gasteiger partial charge in [-0.2, -0.15) is 13.2 Å². The van der Waals surface area contributed by atoms with E-state index in [4.69, 9.17) is 4.74 Å². The van der Waals surface area contributed by atoms with Gasteiger partial charge >= 0.3 is 6.18 Å². The van der Waals surface area contributed by atoms with Gasteiger partial charge in [-0.1, -0.05) is 0 Å². The predicted octanol–water partition coefficient (Wildman–Crippen LogP) is 1.48. The van der Waals surface area contributed by atoms with E-state index in [9.17, 15) is 18.0 Å². The summed E-state index contributed by atoms with van der Waals surface area (Å²) in [7, 11) is 0. The van der Waals surface area contributed by atoms with Crippen molar-refractivity contribution in [3.63, 3.8) is 0 Å². The first kappa shape index (κ1) is 11.7. The van der Waals surface area contributed by atoms with Crippen molar-refractivity contribution in [2.24, 2.45) is 11.3 Å². The van der Waals surface area contributed by atoms with Gasteiger partial charge in [0.25, 0.3) is 0 Å². The molecule has 2 rings (SSSR count). The molecular formula is C10H14F3NO2. The molecule has 0 saturated carbocycles. The van der Waals surface area contributed by atoms with Crippen LogP contribution in [0, 0.1) is 11.3 Å². The summed E-state index contributed by atoms with van der Waals surface area (Å²) >= 11 is 0. The Kier molecular flexibility index (Phi) is 2.86. The molecule has 1 amide bonds. The Labute approximate surface area is 91.3 Å². The second-order valence-electron chi connectivity index (χ2n) is 4.55. The van der Waals surface area contributed by atoms with Gasteiger partial charge in [0.15, 0.2) is 0 Å².